The quantitative estimate of drug-likeness (QED) is 0.800. The number of carboxylic acids is 1. The molecule has 1 aromatic carbocycles. The molecule has 0 radical (unpaired) electrons. The van der Waals surface area contributed by atoms with Crippen LogP contribution in [0.5, 0.6) is 0 Å². The first kappa shape index (κ1) is 12.2. The predicted molar refractivity (Wildman–Crippen MR) is 78.5 cm³/mol. The van der Waals surface area contributed by atoms with Crippen molar-refractivity contribution in [3.8, 4) is 0 Å². The Balaban J connectivity index is 1.75. The molecular weight excluding hydrogens is 266 g/mol. The van der Waals surface area contributed by atoms with Crippen molar-refractivity contribution in [3.05, 3.63) is 54.2 Å². The van der Waals surface area contributed by atoms with Gasteiger partial charge in [-0.25, -0.2) is 9.78 Å². The van der Waals surface area contributed by atoms with E-state index in [0.29, 0.717) is 18.2 Å². The van der Waals surface area contributed by atoms with Crippen LogP contribution >= 0.6 is 0 Å². The molecule has 2 aromatic heterocycles. The molecule has 1 fully saturated rings. The summed E-state index contributed by atoms with van der Waals surface area (Å²) < 4.78 is 4.31. The van der Waals surface area contributed by atoms with Crippen molar-refractivity contribution >= 4 is 16.9 Å². The van der Waals surface area contributed by atoms with Gasteiger partial charge in [-0.15, -0.1) is 0 Å². The van der Waals surface area contributed by atoms with Crippen LogP contribution in [0.3, 0.4) is 0 Å². The molecule has 2 heterocycles. The standard InChI is InChI=1S/C16H15N3O2/c20-16(21)14-2-1-3-15-13(14)6-7-18(15)9-12-8-17-10-19(12)11-4-5-11/h1-3,6-8,10-11H,4-5,9H2,(H,20,21). The highest BCUT2D eigenvalue weighted by Crippen LogP contribution is 2.36. The second-order valence-corrected chi connectivity index (χ2v) is 5.51. The van der Waals surface area contributed by atoms with E-state index in [-0.39, 0.29) is 0 Å². The normalized spacial score (nSPS) is 14.7. The fourth-order valence-corrected chi connectivity index (χ4v) is 2.86. The Morgan fingerprint density at radius 2 is 2.19 bits per heavy atom. The maximum absolute atomic E-state index is 11.3. The monoisotopic (exact) mass is 281 g/mol. The first-order valence-electron chi connectivity index (χ1n) is 7.06. The zero-order chi connectivity index (χ0) is 14.4. The molecule has 4 rings (SSSR count). The minimum atomic E-state index is -0.888. The molecule has 0 spiro atoms. The van der Waals surface area contributed by atoms with Crippen molar-refractivity contribution in [2.45, 2.75) is 25.4 Å². The molecule has 106 valence electrons. The molecule has 21 heavy (non-hydrogen) atoms. The highest BCUT2D eigenvalue weighted by atomic mass is 16.4. The molecule has 0 amide bonds. The number of aromatic carboxylic acids is 1. The highest BCUT2D eigenvalue weighted by molar-refractivity contribution is 6.02. The molecule has 5 nitrogen and oxygen atoms in total. The van der Waals surface area contributed by atoms with Crippen LogP contribution in [0.2, 0.25) is 0 Å². The average Bonchev–Trinajstić information content (AvgIpc) is 3.08. The first-order chi connectivity index (χ1) is 10.2. The number of hydrogen-bond donors (Lipinski definition) is 1. The number of carbonyl (C=O) groups is 1. The van der Waals surface area contributed by atoms with Crippen molar-refractivity contribution < 1.29 is 9.90 Å². The average molecular weight is 281 g/mol. The van der Waals surface area contributed by atoms with E-state index >= 15 is 0 Å². The largest absolute Gasteiger partial charge is 0.478 e. The summed E-state index contributed by atoms with van der Waals surface area (Å²) in [7, 11) is 0. The summed E-state index contributed by atoms with van der Waals surface area (Å²) in [5.74, 6) is -0.888. The smallest absolute Gasteiger partial charge is 0.336 e. The molecule has 5 heteroatoms. The van der Waals surface area contributed by atoms with Crippen molar-refractivity contribution in [3.63, 3.8) is 0 Å². The fourth-order valence-electron chi connectivity index (χ4n) is 2.86. The Morgan fingerprint density at radius 1 is 1.33 bits per heavy atom. The molecule has 1 saturated carbocycles. The van der Waals surface area contributed by atoms with E-state index in [4.69, 9.17) is 0 Å². The summed E-state index contributed by atoms with van der Waals surface area (Å²) in [6, 6.07) is 7.86. The van der Waals surface area contributed by atoms with Gasteiger partial charge in [0, 0.05) is 29.3 Å². The van der Waals surface area contributed by atoms with Gasteiger partial charge in [-0.1, -0.05) is 6.07 Å². The van der Waals surface area contributed by atoms with E-state index in [1.54, 1.807) is 12.1 Å². The maximum atomic E-state index is 11.3. The molecule has 1 aliphatic rings. The summed E-state index contributed by atoms with van der Waals surface area (Å²) in [4.78, 5) is 15.5. The number of hydrogen-bond acceptors (Lipinski definition) is 2. The van der Waals surface area contributed by atoms with Crippen LogP contribution in [0.15, 0.2) is 43.0 Å². The number of fused-ring (bicyclic) bond motifs is 1. The molecule has 0 aliphatic heterocycles. The molecule has 0 atom stereocenters. The van der Waals surface area contributed by atoms with E-state index < -0.39 is 5.97 Å². The van der Waals surface area contributed by atoms with Crippen LogP contribution < -0.4 is 0 Å². The van der Waals surface area contributed by atoms with Crippen LogP contribution in [0.4, 0.5) is 0 Å². The zero-order valence-corrected chi connectivity index (χ0v) is 11.4. The summed E-state index contributed by atoms with van der Waals surface area (Å²) in [5.41, 5.74) is 2.45. The van der Waals surface area contributed by atoms with Gasteiger partial charge in [-0.05, 0) is 31.0 Å². The molecule has 1 N–H and O–H groups in total. The van der Waals surface area contributed by atoms with Gasteiger partial charge in [-0.3, -0.25) is 0 Å². The molecule has 0 unspecified atom stereocenters. The lowest BCUT2D eigenvalue weighted by Gasteiger charge is -2.09. The topological polar surface area (TPSA) is 60.0 Å². The van der Waals surface area contributed by atoms with Crippen molar-refractivity contribution in [1.29, 1.82) is 0 Å². The third kappa shape index (κ3) is 2.01. The van der Waals surface area contributed by atoms with Gasteiger partial charge in [-0.2, -0.15) is 0 Å². The molecular formula is C16H15N3O2. The third-order valence-corrected chi connectivity index (χ3v) is 4.06. The fraction of sp³-hybridized carbons (Fsp3) is 0.250. The predicted octanol–water partition coefficient (Wildman–Crippen LogP) is 2.92. The van der Waals surface area contributed by atoms with E-state index in [2.05, 4.69) is 14.1 Å². The zero-order valence-electron chi connectivity index (χ0n) is 11.4. The number of carboxylic acid groups (broad SMARTS) is 1. The number of imidazole rings is 1. The second kappa shape index (κ2) is 4.48. The van der Waals surface area contributed by atoms with Crippen LogP contribution in [-0.4, -0.2) is 25.2 Å². The lowest BCUT2D eigenvalue weighted by atomic mass is 10.1. The Bertz CT molecular complexity index is 827. The highest BCUT2D eigenvalue weighted by Gasteiger charge is 2.25. The van der Waals surface area contributed by atoms with Gasteiger partial charge in [0.2, 0.25) is 0 Å². The summed E-state index contributed by atoms with van der Waals surface area (Å²) in [5, 5.41) is 10.0. The van der Waals surface area contributed by atoms with Crippen molar-refractivity contribution in [2.24, 2.45) is 0 Å². The third-order valence-electron chi connectivity index (χ3n) is 4.06. The van der Waals surface area contributed by atoms with E-state index in [0.717, 1.165) is 16.6 Å². The Hall–Kier alpha value is -2.56. The maximum Gasteiger partial charge on any atom is 0.336 e. The minimum Gasteiger partial charge on any atom is -0.478 e. The van der Waals surface area contributed by atoms with Gasteiger partial charge in [0.25, 0.3) is 0 Å². The van der Waals surface area contributed by atoms with E-state index in [1.807, 2.05) is 30.9 Å². The number of benzene rings is 1. The summed E-state index contributed by atoms with van der Waals surface area (Å²) in [6.07, 6.45) is 8.17. The Labute approximate surface area is 121 Å². The van der Waals surface area contributed by atoms with Gasteiger partial charge in [0.15, 0.2) is 0 Å². The Kier molecular flexibility index (Phi) is 2.60. The van der Waals surface area contributed by atoms with Gasteiger partial charge in [0.05, 0.1) is 24.1 Å². The summed E-state index contributed by atoms with van der Waals surface area (Å²) in [6.45, 7) is 0.711. The summed E-state index contributed by atoms with van der Waals surface area (Å²) >= 11 is 0. The van der Waals surface area contributed by atoms with Crippen LogP contribution in [-0.2, 0) is 6.54 Å². The van der Waals surface area contributed by atoms with Crippen molar-refractivity contribution in [2.75, 3.05) is 0 Å². The number of aromatic nitrogens is 3. The number of rotatable bonds is 4. The Morgan fingerprint density at radius 3 is 2.95 bits per heavy atom. The van der Waals surface area contributed by atoms with Gasteiger partial charge >= 0.3 is 5.97 Å². The van der Waals surface area contributed by atoms with Crippen LogP contribution in [0.1, 0.15) is 34.9 Å². The van der Waals surface area contributed by atoms with Crippen LogP contribution in [0.25, 0.3) is 10.9 Å². The first-order valence-corrected chi connectivity index (χ1v) is 7.06. The van der Waals surface area contributed by atoms with E-state index in [9.17, 15) is 9.90 Å². The number of nitrogens with zero attached hydrogens (tertiary/aromatic N) is 3. The minimum absolute atomic E-state index is 0.349. The van der Waals surface area contributed by atoms with E-state index in [1.165, 1.54) is 12.8 Å². The second-order valence-electron chi connectivity index (χ2n) is 5.51. The van der Waals surface area contributed by atoms with Gasteiger partial charge < -0.3 is 14.2 Å². The van der Waals surface area contributed by atoms with Crippen molar-refractivity contribution in [1.82, 2.24) is 14.1 Å². The molecule has 1 aliphatic carbocycles. The van der Waals surface area contributed by atoms with Gasteiger partial charge in [0.1, 0.15) is 0 Å². The molecule has 0 bridgehead atoms. The lowest BCUT2D eigenvalue weighted by Crippen LogP contribution is -2.05. The van der Waals surface area contributed by atoms with Crippen LogP contribution in [0, 0.1) is 0 Å². The molecule has 3 aromatic rings. The lowest BCUT2D eigenvalue weighted by molar-refractivity contribution is 0.0699. The SMILES string of the molecule is O=C(O)c1cccc2c1ccn2Cc1cncn1C1CC1. The molecule has 0 saturated heterocycles.